The lowest BCUT2D eigenvalue weighted by Gasteiger charge is -2.15. The van der Waals surface area contributed by atoms with Crippen LogP contribution in [0.4, 0.5) is 18.9 Å². The highest BCUT2D eigenvalue weighted by atomic mass is 32.2. The number of aromatic nitrogens is 2. The molecule has 0 radical (unpaired) electrons. The minimum absolute atomic E-state index is 0.0105. The van der Waals surface area contributed by atoms with Crippen LogP contribution in [0.5, 0.6) is 0 Å². The van der Waals surface area contributed by atoms with Crippen LogP contribution in [0.15, 0.2) is 34.2 Å². The van der Waals surface area contributed by atoms with Gasteiger partial charge >= 0.3 is 6.18 Å². The maximum absolute atomic E-state index is 12.8. The largest absolute Gasteiger partial charge is 0.416 e. The summed E-state index contributed by atoms with van der Waals surface area (Å²) in [6, 6.07) is 4.16. The van der Waals surface area contributed by atoms with E-state index in [-0.39, 0.29) is 23.7 Å². The number of amides is 1. The second-order valence-corrected chi connectivity index (χ2v) is 7.63. The van der Waals surface area contributed by atoms with Crippen LogP contribution in [-0.4, -0.2) is 21.2 Å². The molecule has 1 aliphatic carbocycles. The van der Waals surface area contributed by atoms with Gasteiger partial charge in [-0.3, -0.25) is 14.2 Å². The second kappa shape index (κ2) is 6.70. The third kappa shape index (κ3) is 3.47. The van der Waals surface area contributed by atoms with Gasteiger partial charge in [0.2, 0.25) is 5.91 Å². The van der Waals surface area contributed by atoms with Crippen molar-refractivity contribution in [3.05, 3.63) is 51.4 Å². The van der Waals surface area contributed by atoms with Crippen molar-refractivity contribution in [2.24, 2.45) is 0 Å². The number of anilines is 1. The Hall–Kier alpha value is -2.29. The summed E-state index contributed by atoms with van der Waals surface area (Å²) in [6.45, 7) is 0. The monoisotopic (exact) mass is 395 g/mol. The van der Waals surface area contributed by atoms with Crippen LogP contribution in [-0.2, 0) is 23.8 Å². The second-order valence-electron chi connectivity index (χ2n) is 6.64. The van der Waals surface area contributed by atoms with Crippen LogP contribution in [0.1, 0.15) is 35.7 Å². The predicted octanol–water partition coefficient (Wildman–Crippen LogP) is 3.43. The third-order valence-electron chi connectivity index (χ3n) is 4.77. The van der Waals surface area contributed by atoms with Crippen molar-refractivity contribution >= 4 is 23.4 Å². The van der Waals surface area contributed by atoms with Crippen molar-refractivity contribution < 1.29 is 18.0 Å². The molecular weight excluding hydrogens is 379 g/mol. The Balaban J connectivity index is 1.51. The lowest BCUT2D eigenvalue weighted by atomic mass is 10.1. The van der Waals surface area contributed by atoms with Crippen molar-refractivity contribution in [2.75, 3.05) is 11.1 Å². The van der Waals surface area contributed by atoms with Crippen molar-refractivity contribution in [1.82, 2.24) is 9.55 Å². The summed E-state index contributed by atoms with van der Waals surface area (Å²) in [5.74, 6) is 0.112. The fourth-order valence-electron chi connectivity index (χ4n) is 3.50. The molecule has 4 rings (SSSR count). The Kier molecular flexibility index (Phi) is 4.49. The molecule has 0 fully saturated rings. The van der Waals surface area contributed by atoms with Gasteiger partial charge in [0.1, 0.15) is 0 Å². The van der Waals surface area contributed by atoms with Gasteiger partial charge in [0.05, 0.1) is 17.3 Å². The number of halogens is 3. The number of aryl methyl sites for hydroxylation is 1. The lowest BCUT2D eigenvalue weighted by Crippen LogP contribution is -2.30. The fourth-order valence-corrected chi connectivity index (χ4v) is 4.66. The van der Waals surface area contributed by atoms with E-state index in [0.29, 0.717) is 17.3 Å². The topological polar surface area (TPSA) is 64.0 Å². The Morgan fingerprint density at radius 2 is 2.15 bits per heavy atom. The highest BCUT2D eigenvalue weighted by molar-refractivity contribution is 7.99. The first-order valence-electron chi connectivity index (χ1n) is 8.57. The molecule has 5 nitrogen and oxygen atoms in total. The maximum atomic E-state index is 12.8. The van der Waals surface area contributed by atoms with E-state index < -0.39 is 17.6 Å². The number of thioether (sulfide) groups is 1. The zero-order valence-electron chi connectivity index (χ0n) is 14.2. The van der Waals surface area contributed by atoms with Gasteiger partial charge in [0.25, 0.3) is 5.56 Å². The Morgan fingerprint density at radius 1 is 1.33 bits per heavy atom. The molecule has 0 saturated heterocycles. The number of alkyl halides is 3. The summed E-state index contributed by atoms with van der Waals surface area (Å²) < 4.78 is 39.9. The number of nitrogens with one attached hydrogen (secondary N) is 1. The van der Waals surface area contributed by atoms with Gasteiger partial charge in [-0.25, -0.2) is 4.98 Å². The molecule has 9 heteroatoms. The number of nitrogens with zero attached hydrogens (tertiary/aromatic N) is 2. The van der Waals surface area contributed by atoms with Gasteiger partial charge in [-0.05, 0) is 37.5 Å². The Labute approximate surface area is 157 Å². The maximum Gasteiger partial charge on any atom is 0.416 e. The molecule has 1 amide bonds. The molecule has 27 heavy (non-hydrogen) atoms. The van der Waals surface area contributed by atoms with E-state index in [4.69, 9.17) is 0 Å². The van der Waals surface area contributed by atoms with E-state index in [1.54, 1.807) is 4.57 Å². The molecule has 1 aromatic heterocycles. The summed E-state index contributed by atoms with van der Waals surface area (Å²) in [7, 11) is 0. The normalized spacial score (nSPS) is 18.3. The summed E-state index contributed by atoms with van der Waals surface area (Å²) in [6.07, 6.45) is -2.04. The molecule has 1 atom stereocenters. The zero-order chi connectivity index (χ0) is 19.2. The standard InChI is InChI=1S/C18H16F3N3O2S/c19-18(20,21)10-3-1-4-11(7-10)22-15(25)8-12-9-27-17-23-14-6-2-5-13(14)16(26)24(12)17/h1,3-4,7,12H,2,5-6,8-9H2,(H,22,25). The number of hydrogen-bond acceptors (Lipinski definition) is 4. The molecule has 2 heterocycles. The quantitative estimate of drug-likeness (QED) is 0.809. The van der Waals surface area contributed by atoms with Crippen LogP contribution in [0, 0.1) is 0 Å². The molecule has 0 saturated carbocycles. The molecule has 2 aromatic rings. The van der Waals surface area contributed by atoms with Crippen molar-refractivity contribution in [3.63, 3.8) is 0 Å². The summed E-state index contributed by atoms with van der Waals surface area (Å²) in [5.41, 5.74) is 0.755. The van der Waals surface area contributed by atoms with E-state index in [9.17, 15) is 22.8 Å². The van der Waals surface area contributed by atoms with Crippen molar-refractivity contribution in [3.8, 4) is 0 Å². The number of benzene rings is 1. The fraction of sp³-hybridized carbons (Fsp3) is 0.389. The minimum Gasteiger partial charge on any atom is -0.326 e. The summed E-state index contributed by atoms with van der Waals surface area (Å²) >= 11 is 1.43. The SMILES string of the molecule is O=C(CC1CSc2nc3c(c(=O)n21)CCC3)Nc1cccc(C(F)(F)F)c1. The first-order valence-corrected chi connectivity index (χ1v) is 9.55. The third-order valence-corrected chi connectivity index (χ3v) is 5.86. The van der Waals surface area contributed by atoms with E-state index in [0.717, 1.165) is 36.2 Å². The van der Waals surface area contributed by atoms with Gasteiger partial charge < -0.3 is 5.32 Å². The van der Waals surface area contributed by atoms with Crippen LogP contribution >= 0.6 is 11.8 Å². The van der Waals surface area contributed by atoms with Crippen LogP contribution in [0.3, 0.4) is 0 Å². The van der Waals surface area contributed by atoms with E-state index in [1.165, 1.54) is 23.9 Å². The van der Waals surface area contributed by atoms with Crippen LogP contribution in [0.25, 0.3) is 0 Å². The number of fused-ring (bicyclic) bond motifs is 2. The highest BCUT2D eigenvalue weighted by Crippen LogP contribution is 2.34. The summed E-state index contributed by atoms with van der Waals surface area (Å²) in [4.78, 5) is 29.6. The molecule has 1 unspecified atom stereocenters. The van der Waals surface area contributed by atoms with E-state index in [1.807, 2.05) is 0 Å². The van der Waals surface area contributed by atoms with Gasteiger partial charge in [-0.1, -0.05) is 17.8 Å². The molecule has 0 spiro atoms. The van der Waals surface area contributed by atoms with Crippen molar-refractivity contribution in [1.29, 1.82) is 0 Å². The van der Waals surface area contributed by atoms with Crippen LogP contribution in [0.2, 0.25) is 0 Å². The molecule has 1 aromatic carbocycles. The molecular formula is C18H16F3N3O2S. The average molecular weight is 395 g/mol. The van der Waals surface area contributed by atoms with Gasteiger partial charge in [-0.15, -0.1) is 0 Å². The molecule has 0 bridgehead atoms. The number of carbonyl (C=O) groups is 1. The minimum atomic E-state index is -4.47. The first kappa shape index (κ1) is 18.1. The number of carbonyl (C=O) groups excluding carboxylic acids is 1. The van der Waals surface area contributed by atoms with Gasteiger partial charge in [-0.2, -0.15) is 13.2 Å². The highest BCUT2D eigenvalue weighted by Gasteiger charge is 2.32. The lowest BCUT2D eigenvalue weighted by molar-refractivity contribution is -0.137. The smallest absolute Gasteiger partial charge is 0.326 e. The van der Waals surface area contributed by atoms with Crippen LogP contribution < -0.4 is 10.9 Å². The summed E-state index contributed by atoms with van der Waals surface area (Å²) in [5, 5.41) is 3.12. The first-order chi connectivity index (χ1) is 12.8. The Bertz CT molecular complexity index is 971. The van der Waals surface area contributed by atoms with E-state index >= 15 is 0 Å². The van der Waals surface area contributed by atoms with Gasteiger partial charge in [0.15, 0.2) is 5.16 Å². The van der Waals surface area contributed by atoms with Crippen molar-refractivity contribution in [2.45, 2.75) is 43.1 Å². The predicted molar refractivity (Wildman–Crippen MR) is 95.0 cm³/mol. The number of rotatable bonds is 3. The molecule has 2 aliphatic rings. The van der Waals surface area contributed by atoms with E-state index in [2.05, 4.69) is 10.3 Å². The molecule has 1 N–H and O–H groups in total. The molecule has 1 aliphatic heterocycles. The van der Waals surface area contributed by atoms with Gasteiger partial charge in [0, 0.05) is 23.4 Å². The Morgan fingerprint density at radius 3 is 2.93 bits per heavy atom. The number of hydrogen-bond donors (Lipinski definition) is 1. The zero-order valence-corrected chi connectivity index (χ0v) is 15.0. The molecule has 142 valence electrons. The average Bonchev–Trinajstić information content (AvgIpc) is 3.22.